The molecule has 0 spiro atoms. The van der Waals surface area contributed by atoms with Crippen molar-refractivity contribution in [3.8, 4) is 11.1 Å². The molecule has 0 bridgehead atoms. The fourth-order valence-electron chi connectivity index (χ4n) is 3.77. The number of hydrogen-bond acceptors (Lipinski definition) is 5. The number of aliphatic hydroxyl groups excluding tert-OH is 2. The van der Waals surface area contributed by atoms with Gasteiger partial charge in [0.2, 0.25) is 0 Å². The number of aliphatic hydroxyl groups is 2. The third kappa shape index (κ3) is 8.57. The summed E-state index contributed by atoms with van der Waals surface area (Å²) < 4.78 is 47.2. The van der Waals surface area contributed by atoms with E-state index < -0.39 is 35.0 Å². The summed E-state index contributed by atoms with van der Waals surface area (Å²) in [7, 11) is -4.67. The first kappa shape index (κ1) is 28.1. The molecule has 0 amide bonds. The van der Waals surface area contributed by atoms with E-state index >= 15 is 0 Å². The van der Waals surface area contributed by atoms with Crippen molar-refractivity contribution in [2.45, 2.75) is 44.9 Å². The number of carboxylic acids is 1. The molecular formula is C24H28FNO8S. The van der Waals surface area contributed by atoms with E-state index in [1.54, 1.807) is 24.3 Å². The number of aliphatic carboxylic acids is 1. The van der Waals surface area contributed by atoms with E-state index in [4.69, 9.17) is 22.6 Å². The third-order valence-corrected chi connectivity index (χ3v) is 5.00. The van der Waals surface area contributed by atoms with E-state index in [2.05, 4.69) is 18.4 Å². The number of halogens is 1. The lowest BCUT2D eigenvalue weighted by atomic mass is 10.0. The van der Waals surface area contributed by atoms with Crippen LogP contribution in [0.25, 0.3) is 28.1 Å². The molecule has 5 N–H and O–H groups in total. The maximum absolute atomic E-state index is 13.5. The van der Waals surface area contributed by atoms with E-state index in [1.807, 2.05) is 24.3 Å². The maximum Gasteiger partial charge on any atom is 0.394 e. The molecule has 0 radical (unpaired) electrons. The zero-order valence-electron chi connectivity index (χ0n) is 19.1. The minimum Gasteiger partial charge on any atom is -0.481 e. The van der Waals surface area contributed by atoms with Crippen LogP contribution in [0, 0.1) is 5.82 Å². The number of rotatable bonds is 8. The van der Waals surface area contributed by atoms with Gasteiger partial charge in [-0.15, -0.1) is 0 Å². The van der Waals surface area contributed by atoms with E-state index in [0.29, 0.717) is 0 Å². The molecule has 2 unspecified atom stereocenters. The number of para-hydroxylation sites is 1. The van der Waals surface area contributed by atoms with Gasteiger partial charge < -0.3 is 19.9 Å². The average molecular weight is 510 g/mol. The Morgan fingerprint density at radius 1 is 1.06 bits per heavy atom. The monoisotopic (exact) mass is 509 g/mol. The van der Waals surface area contributed by atoms with Crippen LogP contribution >= 0.6 is 0 Å². The summed E-state index contributed by atoms with van der Waals surface area (Å²) in [5.41, 5.74) is 3.65. The molecule has 2 atom stereocenters. The largest absolute Gasteiger partial charge is 0.481 e. The van der Waals surface area contributed by atoms with Gasteiger partial charge in [0.05, 0.1) is 18.6 Å². The number of benzene rings is 2. The predicted octanol–water partition coefficient (Wildman–Crippen LogP) is 3.98. The van der Waals surface area contributed by atoms with Crippen LogP contribution in [0.5, 0.6) is 0 Å². The SMILES string of the molecule is CC(C)n1c(/C=C/C(O)CC(O)CC(=O)O)c(-c2ccc(F)cc2)c2ccccc21.O=S(=O)(O)O. The van der Waals surface area contributed by atoms with E-state index in [0.717, 1.165) is 27.7 Å². The van der Waals surface area contributed by atoms with Gasteiger partial charge >= 0.3 is 16.4 Å². The first-order valence-electron chi connectivity index (χ1n) is 10.6. The molecule has 0 aliphatic carbocycles. The van der Waals surface area contributed by atoms with Crippen molar-refractivity contribution in [1.29, 1.82) is 0 Å². The van der Waals surface area contributed by atoms with Gasteiger partial charge in [-0.3, -0.25) is 13.9 Å². The minimum absolute atomic E-state index is 0.0728. The summed E-state index contributed by atoms with van der Waals surface area (Å²) in [4.78, 5) is 10.7. The molecule has 3 aromatic rings. The van der Waals surface area contributed by atoms with Crippen molar-refractivity contribution in [2.24, 2.45) is 0 Å². The van der Waals surface area contributed by atoms with Crippen LogP contribution in [-0.4, -0.2) is 55.6 Å². The molecule has 1 heterocycles. The lowest BCUT2D eigenvalue weighted by molar-refractivity contribution is -0.139. The van der Waals surface area contributed by atoms with Crippen molar-refractivity contribution >= 4 is 33.3 Å². The Morgan fingerprint density at radius 3 is 2.17 bits per heavy atom. The number of nitrogens with zero attached hydrogens (tertiary/aromatic N) is 1. The standard InChI is InChI=1S/C24H26FNO4.H2O4S/c1-15(2)26-21-6-4-3-5-20(21)24(16-7-9-17(25)10-8-16)22(26)12-11-18(27)13-19(28)14-23(29)30;1-5(2,3)4/h3-12,15,18-19,27-28H,13-14H2,1-2H3,(H,29,30);(H2,1,2,3,4)/b12-11+;. The topological polar surface area (TPSA) is 157 Å². The highest BCUT2D eigenvalue weighted by molar-refractivity contribution is 7.79. The Balaban J connectivity index is 0.000000784. The molecule has 1 aromatic heterocycles. The molecule has 0 saturated heterocycles. The second-order valence-electron chi connectivity index (χ2n) is 8.11. The molecule has 0 aliphatic rings. The first-order chi connectivity index (χ1) is 16.3. The first-order valence-corrected chi connectivity index (χ1v) is 12.0. The van der Waals surface area contributed by atoms with Crippen LogP contribution in [0.2, 0.25) is 0 Å². The molecule has 3 rings (SSSR count). The Labute approximate surface area is 202 Å². The summed E-state index contributed by atoms with van der Waals surface area (Å²) in [5.74, 6) is -1.43. The van der Waals surface area contributed by atoms with Crippen molar-refractivity contribution in [3.05, 3.63) is 66.1 Å². The highest BCUT2D eigenvalue weighted by atomic mass is 32.3. The maximum atomic E-state index is 13.5. The summed E-state index contributed by atoms with van der Waals surface area (Å²) >= 11 is 0. The molecule has 9 nitrogen and oxygen atoms in total. The molecule has 35 heavy (non-hydrogen) atoms. The number of hydrogen-bond donors (Lipinski definition) is 5. The molecule has 0 saturated carbocycles. The quantitative estimate of drug-likeness (QED) is 0.285. The smallest absolute Gasteiger partial charge is 0.394 e. The van der Waals surface area contributed by atoms with Crippen LogP contribution in [-0.2, 0) is 15.2 Å². The van der Waals surface area contributed by atoms with Gasteiger partial charge in [0.15, 0.2) is 0 Å². The summed E-state index contributed by atoms with van der Waals surface area (Å²) in [6, 6.07) is 14.4. The third-order valence-electron chi connectivity index (χ3n) is 5.00. The van der Waals surface area contributed by atoms with Crippen LogP contribution in [0.1, 0.15) is 38.4 Å². The summed E-state index contributed by atoms with van der Waals surface area (Å²) in [6.07, 6.45) is 0.727. The molecule has 11 heteroatoms. The lowest BCUT2D eigenvalue weighted by Crippen LogP contribution is -2.19. The second kappa shape index (κ2) is 12.0. The second-order valence-corrected chi connectivity index (χ2v) is 9.01. The van der Waals surface area contributed by atoms with Gasteiger partial charge in [-0.25, -0.2) is 4.39 Å². The molecule has 0 fully saturated rings. The van der Waals surface area contributed by atoms with E-state index in [1.165, 1.54) is 12.1 Å². The van der Waals surface area contributed by atoms with E-state index in [9.17, 15) is 19.4 Å². The van der Waals surface area contributed by atoms with Crippen LogP contribution < -0.4 is 0 Å². The molecule has 0 aliphatic heterocycles. The highest BCUT2D eigenvalue weighted by Gasteiger charge is 2.19. The number of aromatic nitrogens is 1. The van der Waals surface area contributed by atoms with Crippen molar-refractivity contribution in [3.63, 3.8) is 0 Å². The van der Waals surface area contributed by atoms with E-state index in [-0.39, 0.29) is 18.3 Å². The summed E-state index contributed by atoms with van der Waals surface area (Å²) in [6.45, 7) is 4.12. The van der Waals surface area contributed by atoms with Crippen molar-refractivity contribution in [2.75, 3.05) is 0 Å². The van der Waals surface area contributed by atoms with Gasteiger partial charge in [0.25, 0.3) is 0 Å². The Bertz CT molecular complexity index is 1270. The number of carboxylic acid groups (broad SMARTS) is 1. The van der Waals surface area contributed by atoms with Crippen LogP contribution in [0.15, 0.2) is 54.6 Å². The number of carbonyl (C=O) groups is 1. The molecule has 2 aromatic carbocycles. The fourth-order valence-corrected chi connectivity index (χ4v) is 3.77. The Hall–Kier alpha value is -3.09. The average Bonchev–Trinajstić information content (AvgIpc) is 3.05. The number of fused-ring (bicyclic) bond motifs is 1. The summed E-state index contributed by atoms with van der Waals surface area (Å²) in [5, 5.41) is 29.9. The zero-order valence-corrected chi connectivity index (χ0v) is 19.9. The minimum atomic E-state index is -4.67. The molecular weight excluding hydrogens is 481 g/mol. The Morgan fingerprint density at radius 2 is 1.63 bits per heavy atom. The highest BCUT2D eigenvalue weighted by Crippen LogP contribution is 2.38. The fraction of sp³-hybridized carbons (Fsp3) is 0.292. The van der Waals surface area contributed by atoms with Gasteiger partial charge in [-0.2, -0.15) is 8.42 Å². The normalized spacial score (nSPS) is 13.6. The van der Waals surface area contributed by atoms with Gasteiger partial charge in [-0.05, 0) is 43.7 Å². The van der Waals surface area contributed by atoms with Gasteiger partial charge in [0, 0.05) is 34.6 Å². The van der Waals surface area contributed by atoms with Gasteiger partial charge in [0.1, 0.15) is 5.82 Å². The Kier molecular flexibility index (Phi) is 9.69. The van der Waals surface area contributed by atoms with Crippen LogP contribution in [0.4, 0.5) is 4.39 Å². The van der Waals surface area contributed by atoms with Crippen molar-refractivity contribution in [1.82, 2.24) is 4.57 Å². The van der Waals surface area contributed by atoms with Gasteiger partial charge in [-0.1, -0.05) is 36.4 Å². The van der Waals surface area contributed by atoms with Crippen LogP contribution in [0.3, 0.4) is 0 Å². The predicted molar refractivity (Wildman–Crippen MR) is 130 cm³/mol. The molecule has 190 valence electrons. The lowest BCUT2D eigenvalue weighted by Gasteiger charge is -2.15. The van der Waals surface area contributed by atoms with Crippen molar-refractivity contribution < 1.29 is 42.0 Å². The zero-order chi connectivity index (χ0) is 26.3.